The molecule has 2 aromatic carbocycles. The fourth-order valence-corrected chi connectivity index (χ4v) is 2.38. The maximum atomic E-state index is 12.9. The van der Waals surface area contributed by atoms with Crippen molar-refractivity contribution < 1.29 is 4.39 Å². The van der Waals surface area contributed by atoms with Crippen LogP contribution in [0.25, 0.3) is 10.9 Å². The molecule has 0 amide bonds. The number of benzene rings is 2. The van der Waals surface area contributed by atoms with Gasteiger partial charge in [0.1, 0.15) is 5.82 Å². The van der Waals surface area contributed by atoms with Crippen molar-refractivity contribution in [2.75, 3.05) is 0 Å². The number of rotatable bonds is 4. The van der Waals surface area contributed by atoms with Gasteiger partial charge in [0.25, 0.3) is 0 Å². The number of pyridine rings is 1. The minimum atomic E-state index is -0.201. The van der Waals surface area contributed by atoms with E-state index in [1.54, 1.807) is 6.20 Å². The van der Waals surface area contributed by atoms with E-state index in [4.69, 9.17) is 0 Å². The van der Waals surface area contributed by atoms with E-state index >= 15 is 0 Å². The van der Waals surface area contributed by atoms with Crippen molar-refractivity contribution in [2.24, 2.45) is 0 Å². The summed E-state index contributed by atoms with van der Waals surface area (Å²) < 4.78 is 12.9. The third kappa shape index (κ3) is 3.26. The molecule has 0 aliphatic carbocycles. The standard InChI is InChI=1S/C18H17FN2/c1-13(15-5-7-17(19)8-6-15)21-12-14-4-9-18-16(11-14)3-2-10-20-18/h2-11,13,21H,12H2,1H3/t13-/m1/s1. The Morgan fingerprint density at radius 1 is 1.10 bits per heavy atom. The summed E-state index contributed by atoms with van der Waals surface area (Å²) in [5, 5.41) is 4.60. The molecule has 0 spiro atoms. The summed E-state index contributed by atoms with van der Waals surface area (Å²) in [6, 6.07) is 17.1. The maximum Gasteiger partial charge on any atom is 0.123 e. The van der Waals surface area contributed by atoms with Gasteiger partial charge in [-0.3, -0.25) is 4.98 Å². The number of nitrogens with one attached hydrogen (secondary N) is 1. The lowest BCUT2D eigenvalue weighted by atomic mass is 10.1. The Labute approximate surface area is 123 Å². The molecule has 3 rings (SSSR count). The molecule has 1 atom stereocenters. The lowest BCUT2D eigenvalue weighted by Crippen LogP contribution is -2.18. The van der Waals surface area contributed by atoms with Crippen LogP contribution in [0.1, 0.15) is 24.1 Å². The number of halogens is 1. The summed E-state index contributed by atoms with van der Waals surface area (Å²) in [5.41, 5.74) is 3.30. The van der Waals surface area contributed by atoms with Gasteiger partial charge in [0.15, 0.2) is 0 Å². The van der Waals surface area contributed by atoms with E-state index in [1.165, 1.54) is 17.7 Å². The molecule has 21 heavy (non-hydrogen) atoms. The average molecular weight is 280 g/mol. The van der Waals surface area contributed by atoms with Crippen molar-refractivity contribution in [3.05, 3.63) is 77.7 Å². The molecule has 106 valence electrons. The molecule has 0 aliphatic rings. The van der Waals surface area contributed by atoms with Gasteiger partial charge < -0.3 is 5.32 Å². The molecule has 0 saturated carbocycles. The Hall–Kier alpha value is -2.26. The van der Waals surface area contributed by atoms with Crippen LogP contribution in [0.5, 0.6) is 0 Å². The second-order valence-corrected chi connectivity index (χ2v) is 5.18. The first-order valence-corrected chi connectivity index (χ1v) is 7.05. The Kier molecular flexibility index (Phi) is 3.93. The molecule has 0 bridgehead atoms. The lowest BCUT2D eigenvalue weighted by Gasteiger charge is -2.14. The van der Waals surface area contributed by atoms with E-state index in [1.807, 2.05) is 24.3 Å². The molecule has 0 saturated heterocycles. The number of aromatic nitrogens is 1. The van der Waals surface area contributed by atoms with Crippen LogP contribution in [0.2, 0.25) is 0 Å². The second-order valence-electron chi connectivity index (χ2n) is 5.18. The van der Waals surface area contributed by atoms with Crippen LogP contribution in [0.3, 0.4) is 0 Å². The van der Waals surface area contributed by atoms with Crippen LogP contribution in [0.15, 0.2) is 60.8 Å². The number of fused-ring (bicyclic) bond motifs is 1. The summed E-state index contributed by atoms with van der Waals surface area (Å²) in [6.45, 7) is 2.85. The van der Waals surface area contributed by atoms with Crippen LogP contribution in [-0.2, 0) is 6.54 Å². The largest absolute Gasteiger partial charge is 0.306 e. The number of nitrogens with zero attached hydrogens (tertiary/aromatic N) is 1. The number of hydrogen-bond acceptors (Lipinski definition) is 2. The summed E-state index contributed by atoms with van der Waals surface area (Å²) in [6.07, 6.45) is 1.80. The van der Waals surface area contributed by atoms with Gasteiger partial charge in [-0.15, -0.1) is 0 Å². The van der Waals surface area contributed by atoms with E-state index in [9.17, 15) is 4.39 Å². The molecule has 1 heterocycles. The minimum Gasteiger partial charge on any atom is -0.306 e. The van der Waals surface area contributed by atoms with Gasteiger partial charge in [-0.1, -0.05) is 24.3 Å². The topological polar surface area (TPSA) is 24.9 Å². The van der Waals surface area contributed by atoms with Gasteiger partial charge in [0.2, 0.25) is 0 Å². The van der Waals surface area contributed by atoms with Gasteiger partial charge in [-0.2, -0.15) is 0 Å². The first kappa shape index (κ1) is 13.7. The quantitative estimate of drug-likeness (QED) is 0.773. The Balaban J connectivity index is 1.69. The first-order chi connectivity index (χ1) is 10.2. The summed E-state index contributed by atoms with van der Waals surface area (Å²) in [4.78, 5) is 4.32. The lowest BCUT2D eigenvalue weighted by molar-refractivity contribution is 0.571. The monoisotopic (exact) mass is 280 g/mol. The van der Waals surface area contributed by atoms with Crippen LogP contribution in [0, 0.1) is 5.82 Å². The summed E-state index contributed by atoms with van der Waals surface area (Å²) >= 11 is 0. The zero-order chi connectivity index (χ0) is 14.7. The zero-order valence-corrected chi connectivity index (χ0v) is 11.9. The molecular weight excluding hydrogens is 263 g/mol. The molecule has 0 aliphatic heterocycles. The van der Waals surface area contributed by atoms with Crippen LogP contribution in [-0.4, -0.2) is 4.98 Å². The van der Waals surface area contributed by atoms with Gasteiger partial charge >= 0.3 is 0 Å². The summed E-state index contributed by atoms with van der Waals surface area (Å²) in [7, 11) is 0. The smallest absolute Gasteiger partial charge is 0.123 e. The Morgan fingerprint density at radius 3 is 2.71 bits per heavy atom. The fraction of sp³-hybridized carbons (Fsp3) is 0.167. The number of hydrogen-bond donors (Lipinski definition) is 1. The van der Waals surface area contributed by atoms with Gasteiger partial charge in [-0.05, 0) is 48.4 Å². The maximum absolute atomic E-state index is 12.9. The second kappa shape index (κ2) is 6.02. The van der Waals surface area contributed by atoms with Gasteiger partial charge in [0.05, 0.1) is 5.52 Å². The normalized spacial score (nSPS) is 12.5. The molecule has 3 heteroatoms. The van der Waals surface area contributed by atoms with E-state index in [0.29, 0.717) is 0 Å². The molecular formula is C18H17FN2. The van der Waals surface area contributed by atoms with E-state index in [0.717, 1.165) is 23.0 Å². The SMILES string of the molecule is C[C@@H](NCc1ccc2ncccc2c1)c1ccc(F)cc1. The molecule has 1 N–H and O–H groups in total. The predicted octanol–water partition coefficient (Wildman–Crippen LogP) is 4.22. The van der Waals surface area contributed by atoms with E-state index in [2.05, 4.69) is 35.4 Å². The zero-order valence-electron chi connectivity index (χ0n) is 11.9. The third-order valence-corrected chi connectivity index (χ3v) is 3.65. The van der Waals surface area contributed by atoms with Gasteiger partial charge in [0, 0.05) is 24.2 Å². The van der Waals surface area contributed by atoms with Crippen molar-refractivity contribution in [1.82, 2.24) is 10.3 Å². The molecule has 2 nitrogen and oxygen atoms in total. The summed E-state index contributed by atoms with van der Waals surface area (Å²) in [5.74, 6) is -0.201. The first-order valence-electron chi connectivity index (χ1n) is 7.05. The molecule has 0 unspecified atom stereocenters. The van der Waals surface area contributed by atoms with Gasteiger partial charge in [-0.25, -0.2) is 4.39 Å². The van der Waals surface area contributed by atoms with E-state index in [-0.39, 0.29) is 11.9 Å². The van der Waals surface area contributed by atoms with E-state index < -0.39 is 0 Å². The Bertz CT molecular complexity index is 738. The Morgan fingerprint density at radius 2 is 1.90 bits per heavy atom. The molecule has 0 fully saturated rings. The molecule has 3 aromatic rings. The predicted molar refractivity (Wildman–Crippen MR) is 83.4 cm³/mol. The van der Waals surface area contributed by atoms with Crippen molar-refractivity contribution in [3.8, 4) is 0 Å². The highest BCUT2D eigenvalue weighted by Crippen LogP contribution is 2.16. The molecule has 0 radical (unpaired) electrons. The highest BCUT2D eigenvalue weighted by Gasteiger charge is 2.05. The fourth-order valence-electron chi connectivity index (χ4n) is 2.38. The molecule has 1 aromatic heterocycles. The van der Waals surface area contributed by atoms with Crippen LogP contribution >= 0.6 is 0 Å². The minimum absolute atomic E-state index is 0.176. The van der Waals surface area contributed by atoms with Crippen molar-refractivity contribution in [2.45, 2.75) is 19.5 Å². The highest BCUT2D eigenvalue weighted by atomic mass is 19.1. The average Bonchev–Trinajstić information content (AvgIpc) is 2.53. The highest BCUT2D eigenvalue weighted by molar-refractivity contribution is 5.78. The van der Waals surface area contributed by atoms with Crippen LogP contribution < -0.4 is 5.32 Å². The van der Waals surface area contributed by atoms with Crippen molar-refractivity contribution >= 4 is 10.9 Å². The third-order valence-electron chi connectivity index (χ3n) is 3.65. The van der Waals surface area contributed by atoms with Crippen molar-refractivity contribution in [3.63, 3.8) is 0 Å². The van der Waals surface area contributed by atoms with Crippen molar-refractivity contribution in [1.29, 1.82) is 0 Å². The van der Waals surface area contributed by atoms with Crippen LogP contribution in [0.4, 0.5) is 4.39 Å².